The molecular formula is C22H21ClN4O3. The summed E-state index contributed by atoms with van der Waals surface area (Å²) in [4.78, 5) is 21.2. The van der Waals surface area contributed by atoms with E-state index in [0.717, 1.165) is 36.8 Å². The molecule has 2 aliphatic heterocycles. The van der Waals surface area contributed by atoms with Crippen molar-refractivity contribution in [2.75, 3.05) is 33.0 Å². The van der Waals surface area contributed by atoms with Crippen LogP contribution in [-0.4, -0.2) is 58.1 Å². The van der Waals surface area contributed by atoms with E-state index in [2.05, 4.69) is 16.0 Å². The Morgan fingerprint density at radius 3 is 2.80 bits per heavy atom. The third kappa shape index (κ3) is 3.74. The minimum atomic E-state index is -0.0142. The molecule has 7 nitrogen and oxygen atoms in total. The Bertz CT molecular complexity index is 1120. The van der Waals surface area contributed by atoms with Gasteiger partial charge in [0.15, 0.2) is 16.7 Å². The van der Waals surface area contributed by atoms with E-state index in [0.29, 0.717) is 23.9 Å². The molecule has 5 rings (SSSR count). The summed E-state index contributed by atoms with van der Waals surface area (Å²) in [5.74, 6) is 1.59. The molecule has 0 atom stereocenters. The number of carbonyl (C=O) groups is 1. The van der Waals surface area contributed by atoms with Crippen molar-refractivity contribution < 1.29 is 14.3 Å². The van der Waals surface area contributed by atoms with E-state index in [1.165, 1.54) is 5.56 Å². The van der Waals surface area contributed by atoms with Crippen molar-refractivity contribution in [3.63, 3.8) is 0 Å². The molecule has 0 bridgehead atoms. The number of hydrogen-bond acceptors (Lipinski definition) is 5. The van der Waals surface area contributed by atoms with Crippen molar-refractivity contribution in [1.82, 2.24) is 19.2 Å². The monoisotopic (exact) mass is 424 g/mol. The van der Waals surface area contributed by atoms with Crippen molar-refractivity contribution in [2.24, 2.45) is 0 Å². The minimum absolute atomic E-state index is 0.0142. The Kier molecular flexibility index (Phi) is 5.06. The highest BCUT2D eigenvalue weighted by molar-refractivity contribution is 6.31. The van der Waals surface area contributed by atoms with Crippen LogP contribution in [0.5, 0.6) is 11.5 Å². The van der Waals surface area contributed by atoms with Crippen LogP contribution in [0.1, 0.15) is 11.3 Å². The normalized spacial score (nSPS) is 16.6. The summed E-state index contributed by atoms with van der Waals surface area (Å²) in [6, 6.07) is 11.7. The number of fused-ring (bicyclic) bond motifs is 2. The molecule has 3 aromatic rings. The molecule has 1 fully saturated rings. The lowest BCUT2D eigenvalue weighted by atomic mass is 10.1. The number of carbonyl (C=O) groups excluding carboxylic acids is 1. The molecule has 8 heteroatoms. The molecule has 0 aliphatic carbocycles. The van der Waals surface area contributed by atoms with Gasteiger partial charge in [-0.1, -0.05) is 23.7 Å². The SMILES string of the molecule is O=C(/C=C/c1c(Cl)nc2ccccn12)N1CCN(Cc2ccc3c(c2)OCO3)CC1. The molecule has 2 aromatic heterocycles. The smallest absolute Gasteiger partial charge is 0.246 e. The van der Waals surface area contributed by atoms with Gasteiger partial charge in [-0.15, -0.1) is 0 Å². The largest absolute Gasteiger partial charge is 0.454 e. The molecule has 0 radical (unpaired) electrons. The van der Waals surface area contributed by atoms with Gasteiger partial charge in [0.1, 0.15) is 5.65 Å². The average molecular weight is 425 g/mol. The fourth-order valence-electron chi connectivity index (χ4n) is 3.81. The molecular weight excluding hydrogens is 404 g/mol. The average Bonchev–Trinajstić information content (AvgIpc) is 3.35. The lowest BCUT2D eigenvalue weighted by Crippen LogP contribution is -2.47. The standard InChI is InChI=1S/C22H21ClN4O3/c23-22-17(27-8-2-1-3-20(27)24-22)5-7-21(28)26-11-9-25(10-12-26)14-16-4-6-18-19(13-16)30-15-29-18/h1-8,13H,9-12,14-15H2/b7-5+. The van der Waals surface area contributed by atoms with E-state index < -0.39 is 0 Å². The summed E-state index contributed by atoms with van der Waals surface area (Å²) in [7, 11) is 0. The second-order valence-electron chi connectivity index (χ2n) is 7.34. The highest BCUT2D eigenvalue weighted by Gasteiger charge is 2.21. The van der Waals surface area contributed by atoms with Crippen molar-refractivity contribution in [1.29, 1.82) is 0 Å². The van der Waals surface area contributed by atoms with Gasteiger partial charge >= 0.3 is 0 Å². The molecule has 4 heterocycles. The van der Waals surface area contributed by atoms with Crippen molar-refractivity contribution in [3.05, 3.63) is 65.1 Å². The summed E-state index contributed by atoms with van der Waals surface area (Å²) in [5, 5.41) is 0.388. The lowest BCUT2D eigenvalue weighted by Gasteiger charge is -2.34. The summed E-state index contributed by atoms with van der Waals surface area (Å²) in [6.07, 6.45) is 5.20. The number of hydrogen-bond donors (Lipinski definition) is 0. The summed E-state index contributed by atoms with van der Waals surface area (Å²) in [5.41, 5.74) is 2.65. The van der Waals surface area contributed by atoms with Crippen LogP contribution in [0.25, 0.3) is 11.7 Å². The fourth-order valence-corrected chi connectivity index (χ4v) is 4.06. The zero-order chi connectivity index (χ0) is 20.5. The van der Waals surface area contributed by atoms with Crippen LogP contribution >= 0.6 is 11.6 Å². The number of ether oxygens (including phenoxy) is 2. The lowest BCUT2D eigenvalue weighted by molar-refractivity contribution is -0.127. The number of pyridine rings is 1. The third-order valence-electron chi connectivity index (χ3n) is 5.43. The molecule has 1 aromatic carbocycles. The Hall–Kier alpha value is -3.03. The number of amides is 1. The Labute approximate surface area is 179 Å². The van der Waals surface area contributed by atoms with Crippen LogP contribution in [0.3, 0.4) is 0 Å². The topological polar surface area (TPSA) is 59.3 Å². The van der Waals surface area contributed by atoms with E-state index in [9.17, 15) is 4.79 Å². The van der Waals surface area contributed by atoms with Crippen LogP contribution < -0.4 is 9.47 Å². The van der Waals surface area contributed by atoms with E-state index in [1.807, 2.05) is 45.8 Å². The first kappa shape index (κ1) is 19.0. The van der Waals surface area contributed by atoms with Gasteiger partial charge in [-0.25, -0.2) is 4.98 Å². The molecule has 30 heavy (non-hydrogen) atoms. The van der Waals surface area contributed by atoms with Gasteiger partial charge in [0.2, 0.25) is 12.7 Å². The molecule has 0 saturated carbocycles. The number of benzene rings is 1. The van der Waals surface area contributed by atoms with Crippen LogP contribution in [0.15, 0.2) is 48.7 Å². The quantitative estimate of drug-likeness (QED) is 0.602. The predicted molar refractivity (Wildman–Crippen MR) is 114 cm³/mol. The second-order valence-corrected chi connectivity index (χ2v) is 7.70. The maximum absolute atomic E-state index is 12.7. The van der Waals surface area contributed by atoms with Crippen LogP contribution in [-0.2, 0) is 11.3 Å². The van der Waals surface area contributed by atoms with Crippen LogP contribution in [0.2, 0.25) is 5.15 Å². The summed E-state index contributed by atoms with van der Waals surface area (Å²) >= 11 is 6.24. The van der Waals surface area contributed by atoms with Crippen molar-refractivity contribution in [3.8, 4) is 11.5 Å². The molecule has 2 aliphatic rings. The molecule has 0 spiro atoms. The van der Waals surface area contributed by atoms with Gasteiger partial charge in [0.25, 0.3) is 0 Å². The van der Waals surface area contributed by atoms with Gasteiger partial charge in [-0.3, -0.25) is 14.1 Å². The number of imidazole rings is 1. The zero-order valence-electron chi connectivity index (χ0n) is 16.3. The van der Waals surface area contributed by atoms with Gasteiger partial charge in [-0.05, 0) is 35.9 Å². The fraction of sp³-hybridized carbons (Fsp3) is 0.273. The van der Waals surface area contributed by atoms with Gasteiger partial charge in [-0.2, -0.15) is 0 Å². The van der Waals surface area contributed by atoms with Gasteiger partial charge in [0, 0.05) is 45.0 Å². The Balaban J connectivity index is 1.18. The highest BCUT2D eigenvalue weighted by atomic mass is 35.5. The molecule has 0 N–H and O–H groups in total. The maximum Gasteiger partial charge on any atom is 0.246 e. The molecule has 1 saturated heterocycles. The number of nitrogens with zero attached hydrogens (tertiary/aromatic N) is 4. The van der Waals surface area contributed by atoms with Gasteiger partial charge < -0.3 is 14.4 Å². The van der Waals surface area contributed by atoms with Gasteiger partial charge in [0.05, 0.1) is 5.69 Å². The zero-order valence-corrected chi connectivity index (χ0v) is 17.1. The van der Waals surface area contributed by atoms with Crippen molar-refractivity contribution >= 4 is 29.2 Å². The van der Waals surface area contributed by atoms with E-state index in [-0.39, 0.29) is 12.7 Å². The van der Waals surface area contributed by atoms with Crippen molar-refractivity contribution in [2.45, 2.75) is 6.54 Å². The summed E-state index contributed by atoms with van der Waals surface area (Å²) in [6.45, 7) is 4.14. The first-order chi connectivity index (χ1) is 14.7. The minimum Gasteiger partial charge on any atom is -0.454 e. The first-order valence-corrected chi connectivity index (χ1v) is 10.3. The third-order valence-corrected chi connectivity index (χ3v) is 5.71. The summed E-state index contributed by atoms with van der Waals surface area (Å²) < 4.78 is 12.7. The van der Waals surface area contributed by atoms with E-state index in [1.54, 1.807) is 12.2 Å². The second kappa shape index (κ2) is 8.01. The molecule has 154 valence electrons. The molecule has 1 amide bonds. The Morgan fingerprint density at radius 1 is 1.10 bits per heavy atom. The molecule has 0 unspecified atom stereocenters. The predicted octanol–water partition coefficient (Wildman–Crippen LogP) is 3.07. The Morgan fingerprint density at radius 2 is 1.93 bits per heavy atom. The van der Waals surface area contributed by atoms with E-state index >= 15 is 0 Å². The van der Waals surface area contributed by atoms with Crippen LogP contribution in [0.4, 0.5) is 0 Å². The highest BCUT2D eigenvalue weighted by Crippen LogP contribution is 2.32. The number of aromatic nitrogens is 2. The number of rotatable bonds is 4. The maximum atomic E-state index is 12.7. The number of halogens is 1. The van der Waals surface area contributed by atoms with Crippen LogP contribution in [0, 0.1) is 0 Å². The number of piperazine rings is 1. The first-order valence-electron chi connectivity index (χ1n) is 9.88. The van der Waals surface area contributed by atoms with E-state index in [4.69, 9.17) is 21.1 Å².